The highest BCUT2D eigenvalue weighted by Gasteiger charge is 2.21. The van der Waals surface area contributed by atoms with Crippen LogP contribution in [0.5, 0.6) is 5.75 Å². The summed E-state index contributed by atoms with van der Waals surface area (Å²) in [4.78, 5) is 38.2. The Bertz CT molecular complexity index is 852. The van der Waals surface area contributed by atoms with E-state index < -0.39 is 30.0 Å². The highest BCUT2D eigenvalue weighted by atomic mass is 16.5. The van der Waals surface area contributed by atoms with E-state index in [2.05, 4.69) is 20.8 Å². The van der Waals surface area contributed by atoms with Crippen LogP contribution in [-0.2, 0) is 22.6 Å². The molecule has 0 unspecified atom stereocenters. The molecule has 0 spiro atoms. The molecule has 2 rings (SSSR count). The molecule has 1 heterocycles. The Labute approximate surface area is 165 Å². The maximum absolute atomic E-state index is 12.0. The third-order valence-corrected chi connectivity index (χ3v) is 3.90. The van der Waals surface area contributed by atoms with Crippen LogP contribution in [0.1, 0.15) is 36.2 Å². The maximum atomic E-state index is 12.0. The van der Waals surface area contributed by atoms with Crippen LogP contribution in [0.2, 0.25) is 0 Å². The molecule has 0 aliphatic heterocycles. The van der Waals surface area contributed by atoms with Crippen LogP contribution in [-0.4, -0.2) is 44.3 Å². The van der Waals surface area contributed by atoms with Crippen LogP contribution in [0.15, 0.2) is 28.8 Å². The van der Waals surface area contributed by atoms with Gasteiger partial charge in [-0.15, -0.1) is 0 Å². The molecule has 2 atom stereocenters. The van der Waals surface area contributed by atoms with E-state index in [-0.39, 0.29) is 43.3 Å². The van der Waals surface area contributed by atoms with E-state index >= 15 is 0 Å². The van der Waals surface area contributed by atoms with E-state index in [1.54, 1.807) is 12.1 Å². The predicted molar refractivity (Wildman–Crippen MR) is 98.3 cm³/mol. The Morgan fingerprint density at radius 1 is 1.21 bits per heavy atom. The number of carbonyl (C=O) groups excluding carboxylic acids is 2. The lowest BCUT2D eigenvalue weighted by Crippen LogP contribution is -2.46. The zero-order valence-electron chi connectivity index (χ0n) is 15.4. The van der Waals surface area contributed by atoms with Crippen LogP contribution in [0.4, 0.5) is 4.79 Å². The van der Waals surface area contributed by atoms with Crippen LogP contribution in [0.3, 0.4) is 0 Å². The van der Waals surface area contributed by atoms with Gasteiger partial charge in [0.2, 0.25) is 11.8 Å². The van der Waals surface area contributed by atoms with Crippen molar-refractivity contribution in [2.24, 2.45) is 11.5 Å². The first kappa shape index (κ1) is 21.6. The minimum atomic E-state index is -1.21. The Morgan fingerprint density at radius 2 is 1.90 bits per heavy atom. The van der Waals surface area contributed by atoms with Crippen molar-refractivity contribution in [2.45, 2.75) is 37.9 Å². The van der Waals surface area contributed by atoms with E-state index in [4.69, 9.17) is 16.0 Å². The summed E-state index contributed by atoms with van der Waals surface area (Å²) in [5.74, 6) is -1.43. The van der Waals surface area contributed by atoms with Gasteiger partial charge in [0, 0.05) is 12.8 Å². The number of hydrogen-bond donors (Lipinski definition) is 6. The molecule has 0 radical (unpaired) electrons. The molecule has 0 aliphatic rings. The predicted octanol–water partition coefficient (Wildman–Crippen LogP) is -0.464. The van der Waals surface area contributed by atoms with Gasteiger partial charge in [-0.05, 0) is 24.1 Å². The average Bonchev–Trinajstić information content (AvgIpc) is 3.14. The molecule has 0 saturated heterocycles. The normalized spacial score (nSPS) is 12.7. The number of urea groups is 1. The number of carboxylic acids is 1. The number of nitrogens with two attached hydrogens (primary N) is 2. The van der Waals surface area contributed by atoms with E-state index in [1.165, 1.54) is 12.1 Å². The van der Waals surface area contributed by atoms with Gasteiger partial charge in [0.1, 0.15) is 11.8 Å². The van der Waals surface area contributed by atoms with Crippen molar-refractivity contribution in [3.63, 3.8) is 0 Å². The molecule has 0 aliphatic carbocycles. The Morgan fingerprint density at radius 3 is 2.52 bits per heavy atom. The number of aromatic hydroxyl groups is 1. The number of nitrogens with zero attached hydrogens (tertiary/aromatic N) is 2. The first-order valence-electron chi connectivity index (χ1n) is 8.66. The first-order valence-corrected chi connectivity index (χ1v) is 8.66. The van der Waals surface area contributed by atoms with Crippen molar-refractivity contribution in [3.05, 3.63) is 41.5 Å². The third kappa shape index (κ3) is 7.10. The summed E-state index contributed by atoms with van der Waals surface area (Å²) in [5, 5.41) is 27.0. The lowest BCUT2D eigenvalue weighted by molar-refractivity contribution is -0.139. The van der Waals surface area contributed by atoms with E-state index in [1.807, 2.05) is 0 Å². The van der Waals surface area contributed by atoms with Gasteiger partial charge in [-0.25, -0.2) is 9.59 Å². The molecule has 3 amide bonds. The number of hydrogen-bond acceptors (Lipinski definition) is 8. The second kappa shape index (κ2) is 10.0. The topological polar surface area (TPSA) is 207 Å². The molecular weight excluding hydrogens is 384 g/mol. The molecule has 0 fully saturated rings. The molecule has 156 valence electrons. The number of nitrogens with one attached hydrogen (secondary N) is 2. The number of aromatic nitrogens is 2. The minimum Gasteiger partial charge on any atom is -0.508 e. The summed E-state index contributed by atoms with van der Waals surface area (Å²) in [5.41, 5.74) is 11.5. The highest BCUT2D eigenvalue weighted by molar-refractivity contribution is 5.82. The quantitative estimate of drug-likeness (QED) is 0.301. The number of phenolic OH excluding ortho intramolecular Hbond substituents is 1. The van der Waals surface area contributed by atoms with Crippen LogP contribution in [0.25, 0.3) is 0 Å². The highest BCUT2D eigenvalue weighted by Crippen LogP contribution is 2.13. The van der Waals surface area contributed by atoms with Crippen molar-refractivity contribution in [1.29, 1.82) is 0 Å². The fraction of sp³-hybridized carbons (Fsp3) is 0.353. The molecule has 12 heteroatoms. The van der Waals surface area contributed by atoms with Crippen molar-refractivity contribution >= 4 is 17.9 Å². The Hall–Kier alpha value is -3.67. The molecular formula is C17H22N6O6. The zero-order valence-corrected chi connectivity index (χ0v) is 15.4. The monoisotopic (exact) mass is 406 g/mol. The third-order valence-electron chi connectivity index (χ3n) is 3.90. The Balaban J connectivity index is 1.85. The molecule has 2 aromatic rings. The number of benzene rings is 1. The van der Waals surface area contributed by atoms with Crippen LogP contribution < -0.4 is 22.1 Å². The van der Waals surface area contributed by atoms with Gasteiger partial charge in [-0.2, -0.15) is 4.98 Å². The summed E-state index contributed by atoms with van der Waals surface area (Å²) in [6.07, 6.45) is 0.353. The molecule has 0 bridgehead atoms. The van der Waals surface area contributed by atoms with Crippen LogP contribution in [0, 0.1) is 0 Å². The van der Waals surface area contributed by atoms with Gasteiger partial charge in [-0.1, -0.05) is 17.3 Å². The molecule has 1 aromatic heterocycles. The Kier molecular flexibility index (Phi) is 7.48. The summed E-state index contributed by atoms with van der Waals surface area (Å²) in [6, 6.07) is 3.41. The smallest absolute Gasteiger partial charge is 0.326 e. The van der Waals surface area contributed by atoms with Gasteiger partial charge in [-0.3, -0.25) is 4.79 Å². The van der Waals surface area contributed by atoms with Crippen LogP contribution >= 0.6 is 0 Å². The molecule has 12 nitrogen and oxygen atoms in total. The number of carbonyl (C=O) groups is 3. The van der Waals surface area contributed by atoms with Crippen molar-refractivity contribution in [1.82, 2.24) is 20.8 Å². The van der Waals surface area contributed by atoms with Gasteiger partial charge in [0.15, 0.2) is 5.82 Å². The molecule has 29 heavy (non-hydrogen) atoms. The second-order valence-electron chi connectivity index (χ2n) is 6.25. The number of aliphatic carboxylic acids is 1. The molecule has 8 N–H and O–H groups in total. The van der Waals surface area contributed by atoms with E-state index in [0.29, 0.717) is 5.56 Å². The van der Waals surface area contributed by atoms with E-state index in [0.717, 1.165) is 0 Å². The van der Waals surface area contributed by atoms with Crippen molar-refractivity contribution < 1.29 is 29.1 Å². The van der Waals surface area contributed by atoms with Crippen molar-refractivity contribution in [3.8, 4) is 5.75 Å². The summed E-state index contributed by atoms with van der Waals surface area (Å²) >= 11 is 0. The largest absolute Gasteiger partial charge is 0.508 e. The van der Waals surface area contributed by atoms with E-state index in [9.17, 15) is 24.6 Å². The standard InChI is InChI=1S/C17H22N6O6/c18-11(5-6-13(19)25)15-22-14(29-23-15)8-20-17(28)21-12(16(26)27)7-9-1-3-10(24)4-2-9/h1-4,11-12,24H,5-8,18H2,(H2,19,25)(H,26,27)(H2,20,21,28)/t11-,12-/m0/s1. The second-order valence-corrected chi connectivity index (χ2v) is 6.25. The maximum Gasteiger partial charge on any atom is 0.326 e. The number of primary amides is 1. The summed E-state index contributed by atoms with van der Waals surface area (Å²) in [7, 11) is 0. The van der Waals surface area contributed by atoms with Gasteiger partial charge in [0.25, 0.3) is 0 Å². The summed E-state index contributed by atoms with van der Waals surface area (Å²) < 4.78 is 4.96. The number of carboxylic acid groups (broad SMARTS) is 1. The SMILES string of the molecule is NC(=O)CC[C@H](N)c1noc(CNC(=O)N[C@@H](Cc2ccc(O)cc2)C(=O)O)n1. The van der Waals surface area contributed by atoms with Gasteiger partial charge >= 0.3 is 12.0 Å². The molecule has 0 saturated carbocycles. The number of phenols is 1. The summed E-state index contributed by atoms with van der Waals surface area (Å²) in [6.45, 7) is -0.146. The number of amides is 3. The first-order chi connectivity index (χ1) is 13.7. The van der Waals surface area contributed by atoms with Gasteiger partial charge in [0.05, 0.1) is 12.6 Å². The molecule has 1 aromatic carbocycles. The number of rotatable bonds is 10. The minimum absolute atomic E-state index is 0.0302. The zero-order chi connectivity index (χ0) is 21.4. The fourth-order valence-electron chi connectivity index (χ4n) is 2.35. The van der Waals surface area contributed by atoms with Crippen molar-refractivity contribution in [2.75, 3.05) is 0 Å². The van der Waals surface area contributed by atoms with Gasteiger partial charge < -0.3 is 36.8 Å². The fourth-order valence-corrected chi connectivity index (χ4v) is 2.35. The average molecular weight is 406 g/mol. The lowest BCUT2D eigenvalue weighted by Gasteiger charge is -2.15. The lowest BCUT2D eigenvalue weighted by atomic mass is 10.1.